The third-order valence-corrected chi connectivity index (χ3v) is 6.45. The van der Waals surface area contributed by atoms with Crippen molar-refractivity contribution in [2.75, 3.05) is 17.6 Å². The molecule has 8 nitrogen and oxygen atoms in total. The molecule has 4 N–H and O–H groups in total. The van der Waals surface area contributed by atoms with Crippen molar-refractivity contribution in [1.82, 2.24) is 15.2 Å². The quantitative estimate of drug-likeness (QED) is 0.644. The number of piperidine rings is 1. The number of benzene rings is 1. The molecule has 0 spiro atoms. The van der Waals surface area contributed by atoms with Crippen molar-refractivity contribution >= 4 is 29.2 Å². The van der Waals surface area contributed by atoms with E-state index in [4.69, 9.17) is 5.73 Å². The van der Waals surface area contributed by atoms with Crippen LogP contribution in [0.15, 0.2) is 30.5 Å². The summed E-state index contributed by atoms with van der Waals surface area (Å²) in [6.07, 6.45) is 3.06. The first-order chi connectivity index (χ1) is 14.7. The number of pyridine rings is 1. The number of anilines is 2. The maximum Gasteiger partial charge on any atom is 0.313 e. The highest BCUT2D eigenvalue weighted by Gasteiger charge is 2.43. The van der Waals surface area contributed by atoms with Gasteiger partial charge in [0.15, 0.2) is 0 Å². The van der Waals surface area contributed by atoms with E-state index in [1.165, 1.54) is 6.20 Å². The number of nitrogens with zero attached hydrogens (tertiary/aromatic N) is 2. The van der Waals surface area contributed by atoms with Crippen LogP contribution in [0.3, 0.4) is 0 Å². The van der Waals surface area contributed by atoms with Gasteiger partial charge in [-0.3, -0.25) is 14.4 Å². The molecule has 2 aliphatic rings. The average molecular weight is 422 g/mol. The number of nitrogens with two attached hydrogens (primary N) is 1. The molecule has 0 aliphatic carbocycles. The zero-order valence-corrected chi connectivity index (χ0v) is 18.0. The van der Waals surface area contributed by atoms with Crippen molar-refractivity contribution in [2.24, 2.45) is 5.92 Å². The highest BCUT2D eigenvalue weighted by molar-refractivity contribution is 6.39. The lowest BCUT2D eigenvalue weighted by atomic mass is 9.78. The maximum absolute atomic E-state index is 13.3. The highest BCUT2D eigenvalue weighted by Crippen LogP contribution is 2.40. The Balaban J connectivity index is 1.63. The van der Waals surface area contributed by atoms with Crippen molar-refractivity contribution in [2.45, 2.75) is 45.7 Å². The standard InChI is InChI=1S/C23H27N5O3/c1-13-6-7-23(3,16-5-4-15-10-26-20(29)18(15)9-16)28(12-13)22(31)21(30)27-17-8-14(2)19(24)25-11-17/h4-5,8-9,11,13H,6-7,10,12H2,1-3H3,(H2,24,25)(H,26,29)(H,27,30)/t13-,23-/m0/s1. The number of likely N-dealkylation sites (tertiary alicyclic amines) is 1. The van der Waals surface area contributed by atoms with Gasteiger partial charge in [-0.25, -0.2) is 4.98 Å². The number of rotatable bonds is 2. The van der Waals surface area contributed by atoms with Crippen LogP contribution in [-0.4, -0.2) is 34.2 Å². The number of nitrogen functional groups attached to an aromatic ring is 1. The smallest absolute Gasteiger partial charge is 0.313 e. The average Bonchev–Trinajstić information content (AvgIpc) is 3.12. The minimum atomic E-state index is -0.717. The second-order valence-corrected chi connectivity index (χ2v) is 8.77. The van der Waals surface area contributed by atoms with E-state index in [9.17, 15) is 14.4 Å². The molecular formula is C23H27N5O3. The number of hydrogen-bond donors (Lipinski definition) is 3. The molecular weight excluding hydrogens is 394 g/mol. The molecule has 2 aromatic rings. The van der Waals surface area contributed by atoms with Gasteiger partial charge in [-0.1, -0.05) is 19.1 Å². The fourth-order valence-corrected chi connectivity index (χ4v) is 4.38. The molecule has 3 amide bonds. The second kappa shape index (κ2) is 7.68. The molecule has 1 aromatic heterocycles. The molecule has 0 saturated carbocycles. The summed E-state index contributed by atoms with van der Waals surface area (Å²) in [4.78, 5) is 44.0. The molecule has 3 heterocycles. The van der Waals surface area contributed by atoms with Crippen LogP contribution in [0.1, 0.15) is 53.7 Å². The highest BCUT2D eigenvalue weighted by atomic mass is 16.2. The molecule has 0 radical (unpaired) electrons. The third kappa shape index (κ3) is 3.73. The number of carbonyl (C=O) groups is 3. The fourth-order valence-electron chi connectivity index (χ4n) is 4.38. The van der Waals surface area contributed by atoms with Gasteiger partial charge in [0, 0.05) is 18.7 Å². The van der Waals surface area contributed by atoms with Crippen molar-refractivity contribution in [3.8, 4) is 0 Å². The summed E-state index contributed by atoms with van der Waals surface area (Å²) < 4.78 is 0. The lowest BCUT2D eigenvalue weighted by molar-refractivity contribution is -0.150. The molecule has 2 atom stereocenters. The number of nitrogens with one attached hydrogen (secondary N) is 2. The predicted octanol–water partition coefficient (Wildman–Crippen LogP) is 2.33. The van der Waals surface area contributed by atoms with Crippen LogP contribution in [0, 0.1) is 12.8 Å². The monoisotopic (exact) mass is 421 g/mol. The lowest BCUT2D eigenvalue weighted by Crippen LogP contribution is -2.55. The summed E-state index contributed by atoms with van der Waals surface area (Å²) in [5, 5.41) is 5.47. The van der Waals surface area contributed by atoms with E-state index >= 15 is 0 Å². The van der Waals surface area contributed by atoms with E-state index in [2.05, 4.69) is 22.5 Å². The Morgan fingerprint density at radius 3 is 2.84 bits per heavy atom. The Kier molecular flexibility index (Phi) is 5.16. The summed E-state index contributed by atoms with van der Waals surface area (Å²) >= 11 is 0. The summed E-state index contributed by atoms with van der Waals surface area (Å²) in [5.41, 5.74) is 8.64. The molecule has 1 aromatic carbocycles. The first-order valence-electron chi connectivity index (χ1n) is 10.5. The summed E-state index contributed by atoms with van der Waals surface area (Å²) in [7, 11) is 0. The lowest BCUT2D eigenvalue weighted by Gasteiger charge is -2.47. The third-order valence-electron chi connectivity index (χ3n) is 6.45. The van der Waals surface area contributed by atoms with Crippen molar-refractivity contribution < 1.29 is 14.4 Å². The summed E-state index contributed by atoms with van der Waals surface area (Å²) in [6.45, 7) is 6.80. The van der Waals surface area contributed by atoms with E-state index in [0.29, 0.717) is 36.6 Å². The van der Waals surface area contributed by atoms with Gasteiger partial charge in [0.1, 0.15) is 5.82 Å². The van der Waals surface area contributed by atoms with E-state index in [0.717, 1.165) is 23.1 Å². The molecule has 31 heavy (non-hydrogen) atoms. The fraction of sp³-hybridized carbons (Fsp3) is 0.391. The number of amides is 3. The zero-order valence-electron chi connectivity index (χ0n) is 18.0. The van der Waals surface area contributed by atoms with Gasteiger partial charge in [-0.2, -0.15) is 0 Å². The Hall–Kier alpha value is -3.42. The molecule has 4 rings (SSSR count). The molecule has 1 saturated heterocycles. The van der Waals surface area contributed by atoms with Crippen LogP contribution >= 0.6 is 0 Å². The number of aryl methyl sites for hydroxylation is 1. The Labute approximate surface area is 181 Å². The van der Waals surface area contributed by atoms with Crippen LogP contribution in [0.4, 0.5) is 11.5 Å². The predicted molar refractivity (Wildman–Crippen MR) is 117 cm³/mol. The van der Waals surface area contributed by atoms with Gasteiger partial charge < -0.3 is 21.3 Å². The van der Waals surface area contributed by atoms with Crippen LogP contribution in [0.5, 0.6) is 0 Å². The van der Waals surface area contributed by atoms with Gasteiger partial charge in [-0.15, -0.1) is 0 Å². The van der Waals surface area contributed by atoms with Gasteiger partial charge in [0.25, 0.3) is 5.91 Å². The Morgan fingerprint density at radius 1 is 1.32 bits per heavy atom. The number of hydrogen-bond acceptors (Lipinski definition) is 5. The number of aromatic nitrogens is 1. The van der Waals surface area contributed by atoms with E-state index in [-0.39, 0.29) is 11.8 Å². The van der Waals surface area contributed by atoms with Crippen molar-refractivity contribution in [3.63, 3.8) is 0 Å². The normalized spacial score (nSPS) is 22.6. The van der Waals surface area contributed by atoms with Crippen LogP contribution in [0.25, 0.3) is 0 Å². The number of fused-ring (bicyclic) bond motifs is 1. The zero-order chi connectivity index (χ0) is 22.3. The van der Waals surface area contributed by atoms with E-state index in [1.807, 2.05) is 25.1 Å². The van der Waals surface area contributed by atoms with Gasteiger partial charge in [-0.05, 0) is 61.4 Å². The topological polar surface area (TPSA) is 117 Å². The molecule has 1 fully saturated rings. The summed E-state index contributed by atoms with van der Waals surface area (Å²) in [5.74, 6) is -0.782. The van der Waals surface area contributed by atoms with Crippen molar-refractivity contribution in [3.05, 3.63) is 52.7 Å². The SMILES string of the molecule is Cc1cc(NC(=O)C(=O)N2C[C@@H](C)CC[C@@]2(C)c2ccc3c(c2)C(=O)NC3)cnc1N. The largest absolute Gasteiger partial charge is 0.383 e. The van der Waals surface area contributed by atoms with Gasteiger partial charge >= 0.3 is 11.8 Å². The maximum atomic E-state index is 13.3. The molecule has 162 valence electrons. The number of carbonyl (C=O) groups excluding carboxylic acids is 3. The van der Waals surface area contributed by atoms with E-state index < -0.39 is 17.4 Å². The first-order valence-corrected chi connectivity index (χ1v) is 10.5. The Bertz CT molecular complexity index is 1080. The van der Waals surface area contributed by atoms with E-state index in [1.54, 1.807) is 17.9 Å². The molecule has 8 heteroatoms. The second-order valence-electron chi connectivity index (χ2n) is 8.77. The minimum absolute atomic E-state index is 0.105. The molecule has 0 bridgehead atoms. The van der Waals surface area contributed by atoms with Crippen LogP contribution in [0.2, 0.25) is 0 Å². The van der Waals surface area contributed by atoms with Crippen molar-refractivity contribution in [1.29, 1.82) is 0 Å². The minimum Gasteiger partial charge on any atom is -0.383 e. The molecule has 0 unspecified atom stereocenters. The molecule has 2 aliphatic heterocycles. The Morgan fingerprint density at radius 2 is 2.10 bits per heavy atom. The summed E-state index contributed by atoms with van der Waals surface area (Å²) in [6, 6.07) is 7.43. The van der Waals surface area contributed by atoms with Gasteiger partial charge in [0.05, 0.1) is 17.4 Å². The van der Waals surface area contributed by atoms with Gasteiger partial charge in [0.2, 0.25) is 0 Å². The van der Waals surface area contributed by atoms with Crippen LogP contribution < -0.4 is 16.4 Å². The van der Waals surface area contributed by atoms with Crippen LogP contribution in [-0.2, 0) is 21.7 Å². The first kappa shape index (κ1) is 20.8.